The Morgan fingerprint density at radius 3 is 2.85 bits per heavy atom. The summed E-state index contributed by atoms with van der Waals surface area (Å²) in [6, 6.07) is 14.3. The van der Waals surface area contributed by atoms with Crippen LogP contribution in [0.15, 0.2) is 46.9 Å². The lowest BCUT2D eigenvalue weighted by molar-refractivity contribution is 0.0936. The summed E-state index contributed by atoms with van der Waals surface area (Å²) in [6.45, 7) is 1.99. The summed E-state index contributed by atoms with van der Waals surface area (Å²) in [5.74, 6) is -0.00361. The molecule has 0 radical (unpaired) electrons. The van der Waals surface area contributed by atoms with E-state index >= 15 is 0 Å². The molecule has 1 amide bonds. The Morgan fingerprint density at radius 1 is 1.25 bits per heavy atom. The smallest absolute Gasteiger partial charge is 0.251 e. The first-order valence-corrected chi connectivity index (χ1v) is 7.58. The first-order valence-electron chi connectivity index (χ1n) is 6.79. The van der Waals surface area contributed by atoms with E-state index in [2.05, 4.69) is 39.4 Å². The molecule has 0 saturated heterocycles. The summed E-state index contributed by atoms with van der Waals surface area (Å²) in [6.07, 6.45) is 2.02. The van der Waals surface area contributed by atoms with Gasteiger partial charge in [0.2, 0.25) is 0 Å². The molecule has 20 heavy (non-hydrogen) atoms. The number of fused-ring (bicyclic) bond motifs is 1. The predicted octanol–water partition coefficient (Wildman–Crippen LogP) is 4.17. The van der Waals surface area contributed by atoms with Gasteiger partial charge in [0.15, 0.2) is 0 Å². The van der Waals surface area contributed by atoms with E-state index in [1.807, 2.05) is 31.2 Å². The third kappa shape index (κ3) is 2.63. The molecule has 0 aromatic heterocycles. The Kier molecular flexibility index (Phi) is 3.62. The molecule has 1 atom stereocenters. The third-order valence-corrected chi connectivity index (χ3v) is 4.20. The van der Waals surface area contributed by atoms with E-state index in [0.29, 0.717) is 5.56 Å². The molecule has 2 aromatic rings. The fourth-order valence-corrected chi connectivity index (χ4v) is 3.42. The van der Waals surface area contributed by atoms with Gasteiger partial charge in [-0.05, 0) is 54.7 Å². The highest BCUT2D eigenvalue weighted by Gasteiger charge is 2.23. The van der Waals surface area contributed by atoms with Crippen LogP contribution in [-0.2, 0) is 6.42 Å². The second-order valence-electron chi connectivity index (χ2n) is 5.28. The van der Waals surface area contributed by atoms with E-state index < -0.39 is 0 Å². The van der Waals surface area contributed by atoms with Crippen LogP contribution in [0, 0.1) is 6.92 Å². The minimum absolute atomic E-state index is 0.00361. The Hall–Kier alpha value is -1.61. The molecular formula is C17H16BrNO. The van der Waals surface area contributed by atoms with Gasteiger partial charge in [0, 0.05) is 10.0 Å². The van der Waals surface area contributed by atoms with Crippen molar-refractivity contribution in [2.75, 3.05) is 0 Å². The van der Waals surface area contributed by atoms with Crippen molar-refractivity contribution in [3.63, 3.8) is 0 Å². The van der Waals surface area contributed by atoms with E-state index in [4.69, 9.17) is 0 Å². The number of rotatable bonds is 2. The van der Waals surface area contributed by atoms with Crippen molar-refractivity contribution in [1.29, 1.82) is 0 Å². The van der Waals surface area contributed by atoms with Crippen LogP contribution in [0.25, 0.3) is 0 Å². The zero-order valence-corrected chi connectivity index (χ0v) is 12.9. The molecule has 1 N–H and O–H groups in total. The SMILES string of the molecule is Cc1cc(Br)cc(C(=O)NC2CCc3ccccc32)c1. The Morgan fingerprint density at radius 2 is 2.05 bits per heavy atom. The first kappa shape index (κ1) is 13.4. The van der Waals surface area contributed by atoms with E-state index in [1.165, 1.54) is 11.1 Å². The number of aryl methyl sites for hydroxylation is 2. The van der Waals surface area contributed by atoms with E-state index in [0.717, 1.165) is 22.9 Å². The van der Waals surface area contributed by atoms with Crippen LogP contribution in [0.3, 0.4) is 0 Å². The lowest BCUT2D eigenvalue weighted by atomic mass is 10.1. The molecule has 0 fully saturated rings. The van der Waals surface area contributed by atoms with Crippen molar-refractivity contribution >= 4 is 21.8 Å². The maximum absolute atomic E-state index is 12.4. The summed E-state index contributed by atoms with van der Waals surface area (Å²) in [4.78, 5) is 12.4. The van der Waals surface area contributed by atoms with Gasteiger partial charge in [-0.2, -0.15) is 0 Å². The van der Waals surface area contributed by atoms with Crippen molar-refractivity contribution in [3.8, 4) is 0 Å². The van der Waals surface area contributed by atoms with Crippen LogP contribution in [0.5, 0.6) is 0 Å². The van der Waals surface area contributed by atoms with Crippen molar-refractivity contribution in [1.82, 2.24) is 5.32 Å². The summed E-state index contributed by atoms with van der Waals surface area (Å²) in [5, 5.41) is 3.15. The topological polar surface area (TPSA) is 29.1 Å². The van der Waals surface area contributed by atoms with Gasteiger partial charge in [-0.25, -0.2) is 0 Å². The molecule has 0 bridgehead atoms. The van der Waals surface area contributed by atoms with Gasteiger partial charge in [-0.3, -0.25) is 4.79 Å². The Labute approximate surface area is 127 Å². The summed E-state index contributed by atoms with van der Waals surface area (Å²) in [7, 11) is 0. The van der Waals surface area contributed by atoms with E-state index in [1.54, 1.807) is 0 Å². The van der Waals surface area contributed by atoms with Gasteiger partial charge >= 0.3 is 0 Å². The first-order chi connectivity index (χ1) is 9.63. The predicted molar refractivity (Wildman–Crippen MR) is 83.8 cm³/mol. The molecule has 3 rings (SSSR count). The van der Waals surface area contributed by atoms with Gasteiger partial charge in [0.05, 0.1) is 6.04 Å². The second-order valence-corrected chi connectivity index (χ2v) is 6.20. The van der Waals surface area contributed by atoms with Gasteiger partial charge in [0.1, 0.15) is 0 Å². The number of carbonyl (C=O) groups excluding carboxylic acids is 1. The number of hydrogen-bond acceptors (Lipinski definition) is 1. The molecule has 0 spiro atoms. The van der Waals surface area contributed by atoms with Crippen LogP contribution >= 0.6 is 15.9 Å². The Bertz CT molecular complexity index is 646. The van der Waals surface area contributed by atoms with Crippen LogP contribution < -0.4 is 5.32 Å². The van der Waals surface area contributed by atoms with E-state index in [-0.39, 0.29) is 11.9 Å². The summed E-state index contributed by atoms with van der Waals surface area (Å²) >= 11 is 3.44. The fourth-order valence-electron chi connectivity index (χ4n) is 2.82. The zero-order chi connectivity index (χ0) is 14.1. The molecule has 0 heterocycles. The molecule has 0 saturated carbocycles. The highest BCUT2D eigenvalue weighted by atomic mass is 79.9. The van der Waals surface area contributed by atoms with Crippen LogP contribution in [0.2, 0.25) is 0 Å². The highest BCUT2D eigenvalue weighted by Crippen LogP contribution is 2.31. The number of halogens is 1. The molecule has 1 aliphatic rings. The molecule has 2 nitrogen and oxygen atoms in total. The van der Waals surface area contributed by atoms with Gasteiger partial charge in [0.25, 0.3) is 5.91 Å². The maximum atomic E-state index is 12.4. The highest BCUT2D eigenvalue weighted by molar-refractivity contribution is 9.10. The number of benzene rings is 2. The standard InChI is InChI=1S/C17H16BrNO/c1-11-8-13(10-14(18)9-11)17(20)19-16-7-6-12-4-2-3-5-15(12)16/h2-5,8-10,16H,6-7H2,1H3,(H,19,20). The molecule has 1 unspecified atom stereocenters. The van der Waals surface area contributed by atoms with Crippen molar-refractivity contribution < 1.29 is 4.79 Å². The fraction of sp³-hybridized carbons (Fsp3) is 0.235. The van der Waals surface area contributed by atoms with Gasteiger partial charge < -0.3 is 5.32 Å². The largest absolute Gasteiger partial charge is 0.345 e. The lowest BCUT2D eigenvalue weighted by Crippen LogP contribution is -2.27. The lowest BCUT2D eigenvalue weighted by Gasteiger charge is -2.14. The minimum atomic E-state index is -0.00361. The third-order valence-electron chi connectivity index (χ3n) is 3.74. The second kappa shape index (κ2) is 5.41. The van der Waals surface area contributed by atoms with Gasteiger partial charge in [-0.15, -0.1) is 0 Å². The van der Waals surface area contributed by atoms with Crippen LogP contribution in [-0.4, -0.2) is 5.91 Å². The number of hydrogen-bond donors (Lipinski definition) is 1. The Balaban J connectivity index is 1.80. The molecule has 1 aliphatic carbocycles. The van der Waals surface area contributed by atoms with Crippen LogP contribution in [0.1, 0.15) is 39.5 Å². The van der Waals surface area contributed by atoms with Crippen LogP contribution in [0.4, 0.5) is 0 Å². The number of nitrogens with one attached hydrogen (secondary N) is 1. The summed E-state index contributed by atoms with van der Waals surface area (Å²) in [5.41, 5.74) is 4.40. The molecule has 0 aliphatic heterocycles. The van der Waals surface area contributed by atoms with Crippen molar-refractivity contribution in [2.24, 2.45) is 0 Å². The monoisotopic (exact) mass is 329 g/mol. The molecule has 102 valence electrons. The maximum Gasteiger partial charge on any atom is 0.251 e. The zero-order valence-electron chi connectivity index (χ0n) is 11.3. The van der Waals surface area contributed by atoms with E-state index in [9.17, 15) is 4.79 Å². The number of carbonyl (C=O) groups is 1. The van der Waals surface area contributed by atoms with Gasteiger partial charge in [-0.1, -0.05) is 40.2 Å². The molecule has 2 aromatic carbocycles. The molecular weight excluding hydrogens is 314 g/mol. The number of amides is 1. The van der Waals surface area contributed by atoms with Crippen molar-refractivity contribution in [3.05, 3.63) is 69.2 Å². The molecule has 3 heteroatoms. The van der Waals surface area contributed by atoms with Crippen molar-refractivity contribution in [2.45, 2.75) is 25.8 Å². The quantitative estimate of drug-likeness (QED) is 0.880. The summed E-state index contributed by atoms with van der Waals surface area (Å²) < 4.78 is 0.939. The normalized spacial score (nSPS) is 16.8. The average molecular weight is 330 g/mol. The average Bonchev–Trinajstić information content (AvgIpc) is 2.81. The minimum Gasteiger partial charge on any atom is -0.345 e.